The van der Waals surface area contributed by atoms with Gasteiger partial charge in [0.1, 0.15) is 12.1 Å². The number of rotatable bonds is 3. The van der Waals surface area contributed by atoms with Gasteiger partial charge in [0.15, 0.2) is 0 Å². The molecule has 0 aromatic carbocycles. The van der Waals surface area contributed by atoms with Crippen LogP contribution in [0, 0.1) is 5.92 Å². The summed E-state index contributed by atoms with van der Waals surface area (Å²) in [6, 6.07) is -0.306. The van der Waals surface area contributed by atoms with Crippen LogP contribution in [0.25, 0.3) is 0 Å². The first kappa shape index (κ1) is 14.4. The van der Waals surface area contributed by atoms with Gasteiger partial charge in [-0.05, 0) is 31.6 Å². The first-order valence-corrected chi connectivity index (χ1v) is 7.71. The molecule has 4 nitrogen and oxygen atoms in total. The molecule has 19 heavy (non-hydrogen) atoms. The van der Waals surface area contributed by atoms with Crippen molar-refractivity contribution in [2.45, 2.75) is 77.4 Å². The van der Waals surface area contributed by atoms with Crippen molar-refractivity contribution in [3.63, 3.8) is 0 Å². The molecule has 1 N–H and O–H groups in total. The van der Waals surface area contributed by atoms with Crippen LogP contribution in [0.15, 0.2) is 0 Å². The van der Waals surface area contributed by atoms with Crippen LogP contribution in [0.1, 0.15) is 59.3 Å². The van der Waals surface area contributed by atoms with E-state index in [1.165, 1.54) is 12.8 Å². The number of carbonyl (C=O) groups is 2. The average molecular weight is 266 g/mol. The molecule has 4 atom stereocenters. The molecule has 0 aromatic heterocycles. The van der Waals surface area contributed by atoms with Crippen LogP contribution in [0.3, 0.4) is 0 Å². The summed E-state index contributed by atoms with van der Waals surface area (Å²) in [5.41, 5.74) is 0. The van der Waals surface area contributed by atoms with E-state index in [9.17, 15) is 9.59 Å². The molecule has 1 saturated carbocycles. The third kappa shape index (κ3) is 2.77. The average Bonchev–Trinajstić information content (AvgIpc) is 2.40. The molecule has 0 radical (unpaired) electrons. The fraction of sp³-hybridized carbons (Fsp3) is 0.867. The van der Waals surface area contributed by atoms with Crippen LogP contribution in [0.2, 0.25) is 0 Å². The predicted molar refractivity (Wildman–Crippen MR) is 74.6 cm³/mol. The first-order valence-electron chi connectivity index (χ1n) is 7.71. The second-order valence-corrected chi connectivity index (χ2v) is 6.06. The molecule has 2 aliphatic rings. The third-order valence-corrected chi connectivity index (χ3v) is 4.60. The topological polar surface area (TPSA) is 49.4 Å². The zero-order valence-electron chi connectivity index (χ0n) is 12.3. The summed E-state index contributed by atoms with van der Waals surface area (Å²) in [6.45, 7) is 6.19. The molecule has 0 aromatic rings. The molecule has 1 saturated heterocycles. The van der Waals surface area contributed by atoms with Crippen LogP contribution in [-0.4, -0.2) is 34.8 Å². The first-order chi connectivity index (χ1) is 9.08. The zero-order chi connectivity index (χ0) is 14.0. The molecule has 4 unspecified atom stereocenters. The number of nitrogens with one attached hydrogen (secondary N) is 1. The number of carbonyl (C=O) groups excluding carboxylic acids is 2. The maximum Gasteiger partial charge on any atom is 0.246 e. The quantitative estimate of drug-likeness (QED) is 0.850. The van der Waals surface area contributed by atoms with Gasteiger partial charge in [-0.25, -0.2) is 0 Å². The number of nitrogens with zero attached hydrogens (tertiary/aromatic N) is 1. The second kappa shape index (κ2) is 5.93. The Kier molecular flexibility index (Phi) is 4.48. The van der Waals surface area contributed by atoms with E-state index in [4.69, 9.17) is 0 Å². The summed E-state index contributed by atoms with van der Waals surface area (Å²) >= 11 is 0. The van der Waals surface area contributed by atoms with Crippen LogP contribution in [0.4, 0.5) is 0 Å². The normalized spacial score (nSPS) is 36.3. The largest absolute Gasteiger partial charge is 0.343 e. The van der Waals surface area contributed by atoms with E-state index in [1.54, 1.807) is 0 Å². The Hall–Kier alpha value is -1.06. The van der Waals surface area contributed by atoms with Gasteiger partial charge in [-0.1, -0.05) is 33.6 Å². The summed E-state index contributed by atoms with van der Waals surface area (Å²) in [5, 5.41) is 2.87. The van der Waals surface area contributed by atoms with E-state index < -0.39 is 0 Å². The van der Waals surface area contributed by atoms with Gasteiger partial charge in [0.05, 0.1) is 0 Å². The van der Waals surface area contributed by atoms with Crippen LogP contribution >= 0.6 is 0 Å². The highest BCUT2D eigenvalue weighted by atomic mass is 16.2. The van der Waals surface area contributed by atoms with Crippen LogP contribution in [0.5, 0.6) is 0 Å². The Morgan fingerprint density at radius 1 is 1.21 bits per heavy atom. The molecule has 1 aliphatic heterocycles. The zero-order valence-corrected chi connectivity index (χ0v) is 12.3. The molecule has 1 aliphatic carbocycles. The van der Waals surface area contributed by atoms with E-state index >= 15 is 0 Å². The van der Waals surface area contributed by atoms with Gasteiger partial charge < -0.3 is 10.2 Å². The lowest BCUT2D eigenvalue weighted by atomic mass is 9.84. The molecule has 2 fully saturated rings. The molecular weight excluding hydrogens is 240 g/mol. The minimum atomic E-state index is -0.312. The number of piperazine rings is 1. The summed E-state index contributed by atoms with van der Waals surface area (Å²) in [4.78, 5) is 26.7. The van der Waals surface area contributed by atoms with Gasteiger partial charge in [0.25, 0.3) is 0 Å². The Labute approximate surface area is 115 Å². The van der Waals surface area contributed by atoms with Crippen molar-refractivity contribution in [3.05, 3.63) is 0 Å². The van der Waals surface area contributed by atoms with Gasteiger partial charge in [0, 0.05) is 6.04 Å². The van der Waals surface area contributed by atoms with Crippen molar-refractivity contribution >= 4 is 11.8 Å². The van der Waals surface area contributed by atoms with Gasteiger partial charge in [0.2, 0.25) is 11.8 Å². The summed E-state index contributed by atoms with van der Waals surface area (Å²) in [7, 11) is 0. The highest BCUT2D eigenvalue weighted by Gasteiger charge is 2.42. The van der Waals surface area contributed by atoms with E-state index in [0.29, 0.717) is 18.8 Å². The maximum atomic E-state index is 12.6. The number of amides is 2. The second-order valence-electron chi connectivity index (χ2n) is 6.06. The third-order valence-electron chi connectivity index (χ3n) is 4.60. The number of hydrogen-bond acceptors (Lipinski definition) is 2. The van der Waals surface area contributed by atoms with Crippen molar-refractivity contribution in [1.29, 1.82) is 0 Å². The molecule has 2 rings (SSSR count). The van der Waals surface area contributed by atoms with Gasteiger partial charge in [-0.2, -0.15) is 0 Å². The molecule has 0 spiro atoms. The van der Waals surface area contributed by atoms with Crippen LogP contribution in [-0.2, 0) is 9.59 Å². The fourth-order valence-corrected chi connectivity index (χ4v) is 3.54. The smallest absolute Gasteiger partial charge is 0.246 e. The molecule has 4 heteroatoms. The minimum Gasteiger partial charge on any atom is -0.343 e. The van der Waals surface area contributed by atoms with Crippen molar-refractivity contribution in [2.75, 3.05) is 0 Å². The van der Waals surface area contributed by atoms with E-state index in [2.05, 4.69) is 12.2 Å². The number of hydrogen-bond donors (Lipinski definition) is 1. The lowest BCUT2D eigenvalue weighted by Crippen LogP contribution is -2.65. The van der Waals surface area contributed by atoms with E-state index in [1.807, 2.05) is 18.7 Å². The summed E-state index contributed by atoms with van der Waals surface area (Å²) < 4.78 is 0. The Morgan fingerprint density at radius 2 is 1.95 bits per heavy atom. The summed E-state index contributed by atoms with van der Waals surface area (Å²) in [5.74, 6) is 0.828. The molecule has 108 valence electrons. The molecule has 1 heterocycles. The molecule has 0 bridgehead atoms. The van der Waals surface area contributed by atoms with Crippen LogP contribution < -0.4 is 5.32 Å². The van der Waals surface area contributed by atoms with Gasteiger partial charge in [-0.15, -0.1) is 0 Å². The molecule has 2 amide bonds. The van der Waals surface area contributed by atoms with Gasteiger partial charge in [-0.3, -0.25) is 9.59 Å². The fourth-order valence-electron chi connectivity index (χ4n) is 3.54. The Balaban J connectivity index is 2.21. The van der Waals surface area contributed by atoms with E-state index in [-0.39, 0.29) is 29.9 Å². The Morgan fingerprint density at radius 3 is 2.53 bits per heavy atom. The van der Waals surface area contributed by atoms with Crippen molar-refractivity contribution in [3.8, 4) is 0 Å². The monoisotopic (exact) mass is 266 g/mol. The van der Waals surface area contributed by atoms with Crippen molar-refractivity contribution in [2.24, 2.45) is 5.92 Å². The summed E-state index contributed by atoms with van der Waals surface area (Å²) in [6.07, 6.45) is 5.91. The van der Waals surface area contributed by atoms with E-state index in [0.717, 1.165) is 12.8 Å². The SMILES string of the molecule is CCC1NC(=O)C(CC)N(C2CCCC(C)C2)C1=O. The van der Waals surface area contributed by atoms with Crippen molar-refractivity contribution in [1.82, 2.24) is 10.2 Å². The highest BCUT2D eigenvalue weighted by molar-refractivity contribution is 5.97. The highest BCUT2D eigenvalue weighted by Crippen LogP contribution is 2.31. The maximum absolute atomic E-state index is 12.6. The Bertz CT molecular complexity index is 356. The standard InChI is InChI=1S/C15H26N2O2/c1-4-12-15(19)17(13(5-2)14(18)16-12)11-8-6-7-10(3)9-11/h10-13H,4-9H2,1-3H3,(H,16,18). The van der Waals surface area contributed by atoms with Crippen molar-refractivity contribution < 1.29 is 9.59 Å². The lowest BCUT2D eigenvalue weighted by Gasteiger charge is -2.45. The minimum absolute atomic E-state index is 0.0344. The molecular formula is C15H26N2O2. The predicted octanol–water partition coefficient (Wildman–Crippen LogP) is 2.08. The lowest BCUT2D eigenvalue weighted by molar-refractivity contribution is -0.153. The van der Waals surface area contributed by atoms with Gasteiger partial charge >= 0.3 is 0 Å².